The molecule has 0 spiro atoms. The van der Waals surface area contributed by atoms with Gasteiger partial charge in [-0.25, -0.2) is 8.42 Å². The number of nitrogens with zero attached hydrogens (tertiary/aromatic N) is 3. The van der Waals surface area contributed by atoms with Crippen LogP contribution in [-0.4, -0.2) is 30.8 Å². The van der Waals surface area contributed by atoms with E-state index >= 15 is 0 Å². The molecule has 0 unspecified atom stereocenters. The molecule has 1 atom stereocenters. The maximum absolute atomic E-state index is 13.0. The van der Waals surface area contributed by atoms with E-state index in [2.05, 4.69) is 17.2 Å². The Bertz CT molecular complexity index is 1250. The number of nitrogens with one attached hydrogen (secondary N) is 1. The van der Waals surface area contributed by atoms with E-state index in [0.717, 1.165) is 18.4 Å². The number of benzene rings is 2. The van der Waals surface area contributed by atoms with Crippen LogP contribution in [-0.2, 0) is 16.6 Å². The lowest BCUT2D eigenvalue weighted by Gasteiger charge is -2.30. The summed E-state index contributed by atoms with van der Waals surface area (Å²) in [5, 5.41) is 13.1. The van der Waals surface area contributed by atoms with Gasteiger partial charge in [0.25, 0.3) is 0 Å². The van der Waals surface area contributed by atoms with E-state index in [1.165, 1.54) is 0 Å². The van der Waals surface area contributed by atoms with Gasteiger partial charge in [0, 0.05) is 30.2 Å². The summed E-state index contributed by atoms with van der Waals surface area (Å²) in [4.78, 5) is 4.48. The Labute approximate surface area is 192 Å². The zero-order valence-corrected chi connectivity index (χ0v) is 19.2. The molecule has 7 nitrogen and oxygen atoms in total. The summed E-state index contributed by atoms with van der Waals surface area (Å²) < 4.78 is 33.2. The van der Waals surface area contributed by atoms with E-state index in [9.17, 15) is 13.7 Å². The van der Waals surface area contributed by atoms with Gasteiger partial charge < -0.3 is 9.73 Å². The Kier molecular flexibility index (Phi) is 6.51. The third kappa shape index (κ3) is 4.65. The van der Waals surface area contributed by atoms with Gasteiger partial charge in [-0.05, 0) is 54.7 Å². The topological polar surface area (TPSA) is 99.2 Å². The third-order valence-corrected chi connectivity index (χ3v) is 7.74. The molecule has 4 rings (SSSR count). The molecule has 166 valence electrons. The second-order valence-electron chi connectivity index (χ2n) is 7.89. The molecule has 1 aromatic heterocycles. The Morgan fingerprint density at radius 1 is 1.25 bits per heavy atom. The van der Waals surface area contributed by atoms with Gasteiger partial charge in [-0.2, -0.15) is 14.6 Å². The van der Waals surface area contributed by atoms with Crippen LogP contribution in [0.15, 0.2) is 57.8 Å². The van der Waals surface area contributed by atoms with Crippen LogP contribution in [0.3, 0.4) is 0 Å². The van der Waals surface area contributed by atoms with Crippen molar-refractivity contribution >= 4 is 27.5 Å². The number of sulfonamides is 1. The SMILES string of the molecule is C[C@H]1CCCN(S(=O)(=O)c2ccc(-c3nc(C#N)c(NCc4ccccc4Cl)o3)cc2)C1. The van der Waals surface area contributed by atoms with Crippen LogP contribution in [0.5, 0.6) is 0 Å². The summed E-state index contributed by atoms with van der Waals surface area (Å²) in [6.45, 7) is 3.52. The van der Waals surface area contributed by atoms with Gasteiger partial charge in [-0.3, -0.25) is 0 Å². The van der Waals surface area contributed by atoms with Crippen molar-refractivity contribution in [3.05, 3.63) is 64.8 Å². The Morgan fingerprint density at radius 3 is 2.69 bits per heavy atom. The van der Waals surface area contributed by atoms with Crippen molar-refractivity contribution in [3.63, 3.8) is 0 Å². The lowest BCUT2D eigenvalue weighted by atomic mass is 10.0. The molecule has 1 fully saturated rings. The first-order chi connectivity index (χ1) is 15.4. The lowest BCUT2D eigenvalue weighted by Crippen LogP contribution is -2.39. The third-order valence-electron chi connectivity index (χ3n) is 5.49. The summed E-state index contributed by atoms with van der Waals surface area (Å²) >= 11 is 6.18. The highest BCUT2D eigenvalue weighted by Gasteiger charge is 2.28. The first kappa shape index (κ1) is 22.3. The van der Waals surface area contributed by atoms with Crippen molar-refractivity contribution in [1.82, 2.24) is 9.29 Å². The minimum Gasteiger partial charge on any atom is -0.419 e. The predicted octanol–water partition coefficient (Wildman–Crippen LogP) is 4.90. The molecule has 1 aliphatic rings. The number of rotatable bonds is 6. The molecule has 2 heterocycles. The number of hydrogen-bond acceptors (Lipinski definition) is 6. The van der Waals surface area contributed by atoms with E-state index in [4.69, 9.17) is 16.0 Å². The fourth-order valence-corrected chi connectivity index (χ4v) is 5.54. The molecule has 0 radical (unpaired) electrons. The monoisotopic (exact) mass is 470 g/mol. The van der Waals surface area contributed by atoms with Gasteiger partial charge in [0.2, 0.25) is 27.5 Å². The van der Waals surface area contributed by atoms with Crippen LogP contribution >= 0.6 is 11.6 Å². The van der Waals surface area contributed by atoms with Crippen molar-refractivity contribution in [3.8, 4) is 17.5 Å². The number of halogens is 1. The Hall–Kier alpha value is -2.86. The van der Waals surface area contributed by atoms with E-state index in [1.807, 2.05) is 24.3 Å². The number of anilines is 1. The molecule has 0 amide bonds. The van der Waals surface area contributed by atoms with Gasteiger partial charge in [-0.15, -0.1) is 0 Å². The Morgan fingerprint density at radius 2 is 2.00 bits per heavy atom. The largest absolute Gasteiger partial charge is 0.419 e. The summed E-state index contributed by atoms with van der Waals surface area (Å²) in [7, 11) is -3.54. The van der Waals surface area contributed by atoms with Crippen molar-refractivity contribution in [2.24, 2.45) is 5.92 Å². The minimum absolute atomic E-state index is 0.117. The van der Waals surface area contributed by atoms with Crippen LogP contribution in [0.1, 0.15) is 31.0 Å². The van der Waals surface area contributed by atoms with Gasteiger partial charge in [0.1, 0.15) is 6.07 Å². The number of piperidine rings is 1. The standard InChI is InChI=1S/C23H23ClN4O3S/c1-16-5-4-12-28(15-16)32(29,30)19-10-8-17(9-11-19)22-27-21(13-25)23(31-22)26-14-18-6-2-3-7-20(18)24/h2-3,6-11,16,26H,4-5,12,14-15H2,1H3/t16-/m0/s1. The predicted molar refractivity (Wildman–Crippen MR) is 123 cm³/mol. The molecule has 1 aliphatic heterocycles. The number of nitriles is 1. The van der Waals surface area contributed by atoms with Crippen LogP contribution < -0.4 is 5.32 Å². The zero-order chi connectivity index (χ0) is 22.7. The quantitative estimate of drug-likeness (QED) is 0.550. The molecule has 1 saturated heterocycles. The van der Waals surface area contributed by atoms with E-state index < -0.39 is 10.0 Å². The highest BCUT2D eigenvalue weighted by atomic mass is 35.5. The highest BCUT2D eigenvalue weighted by Crippen LogP contribution is 2.29. The number of aromatic nitrogens is 1. The van der Waals surface area contributed by atoms with Gasteiger partial charge in [0.15, 0.2) is 0 Å². The van der Waals surface area contributed by atoms with Crippen molar-refractivity contribution in [1.29, 1.82) is 5.26 Å². The van der Waals surface area contributed by atoms with Gasteiger partial charge in [-0.1, -0.05) is 36.7 Å². The fourth-order valence-electron chi connectivity index (χ4n) is 3.74. The summed E-state index contributed by atoms with van der Waals surface area (Å²) in [5.74, 6) is 0.825. The van der Waals surface area contributed by atoms with Crippen molar-refractivity contribution in [2.75, 3.05) is 18.4 Å². The fraction of sp³-hybridized carbons (Fsp3) is 0.304. The first-order valence-corrected chi connectivity index (χ1v) is 12.2. The smallest absolute Gasteiger partial charge is 0.243 e. The first-order valence-electron chi connectivity index (χ1n) is 10.4. The van der Waals surface area contributed by atoms with Crippen molar-refractivity contribution in [2.45, 2.75) is 31.2 Å². The van der Waals surface area contributed by atoms with E-state index in [-0.39, 0.29) is 22.4 Å². The molecule has 9 heteroatoms. The average molecular weight is 471 g/mol. The van der Waals surface area contributed by atoms with E-state index in [0.29, 0.717) is 36.1 Å². The minimum atomic E-state index is -3.54. The molecular weight excluding hydrogens is 448 g/mol. The summed E-state index contributed by atoms with van der Waals surface area (Å²) in [6, 6.07) is 15.8. The maximum Gasteiger partial charge on any atom is 0.243 e. The highest BCUT2D eigenvalue weighted by molar-refractivity contribution is 7.89. The second-order valence-corrected chi connectivity index (χ2v) is 10.2. The molecule has 32 heavy (non-hydrogen) atoms. The van der Waals surface area contributed by atoms with Crippen LogP contribution in [0.4, 0.5) is 5.88 Å². The molecular formula is C23H23ClN4O3S. The van der Waals surface area contributed by atoms with Crippen molar-refractivity contribution < 1.29 is 12.8 Å². The molecule has 2 aromatic carbocycles. The Balaban J connectivity index is 1.53. The number of hydrogen-bond donors (Lipinski definition) is 1. The maximum atomic E-state index is 13.0. The number of oxazole rings is 1. The van der Waals surface area contributed by atoms with Crippen LogP contribution in [0.25, 0.3) is 11.5 Å². The average Bonchev–Trinajstić information content (AvgIpc) is 3.22. The normalized spacial score (nSPS) is 17.1. The summed E-state index contributed by atoms with van der Waals surface area (Å²) in [5.41, 5.74) is 1.56. The van der Waals surface area contributed by atoms with Gasteiger partial charge >= 0.3 is 0 Å². The molecule has 0 aliphatic carbocycles. The lowest BCUT2D eigenvalue weighted by molar-refractivity contribution is 0.281. The second kappa shape index (κ2) is 9.33. The molecule has 0 bridgehead atoms. The van der Waals surface area contributed by atoms with Crippen LogP contribution in [0.2, 0.25) is 5.02 Å². The van der Waals surface area contributed by atoms with Crippen LogP contribution in [0, 0.1) is 17.2 Å². The molecule has 0 saturated carbocycles. The summed E-state index contributed by atoms with van der Waals surface area (Å²) in [6.07, 6.45) is 1.92. The van der Waals surface area contributed by atoms with Gasteiger partial charge in [0.05, 0.1) is 4.90 Å². The molecule has 1 N–H and O–H groups in total. The molecule has 3 aromatic rings. The van der Waals surface area contributed by atoms with E-state index in [1.54, 1.807) is 34.6 Å². The zero-order valence-electron chi connectivity index (χ0n) is 17.6.